The van der Waals surface area contributed by atoms with E-state index in [1.165, 1.54) is 28.5 Å². The maximum absolute atomic E-state index is 15.0. The molecular weight excluding hydrogens is 545 g/mol. The third kappa shape index (κ3) is 4.60. The number of thioether (sulfide) groups is 1. The van der Waals surface area contributed by atoms with Gasteiger partial charge >= 0.3 is 5.69 Å². The van der Waals surface area contributed by atoms with E-state index < -0.39 is 17.3 Å². The van der Waals surface area contributed by atoms with Crippen molar-refractivity contribution >= 4 is 57.6 Å². The molecule has 2 aliphatic rings. The number of methoxy groups -OCH3 is 1. The van der Waals surface area contributed by atoms with Gasteiger partial charge in [-0.25, -0.2) is 13.6 Å². The maximum atomic E-state index is 15.0. The monoisotopic (exact) mass is 566 g/mol. The number of rotatable bonds is 4. The molecule has 1 amide bonds. The molecule has 3 aromatic rings. The van der Waals surface area contributed by atoms with E-state index in [1.54, 1.807) is 18.1 Å². The van der Waals surface area contributed by atoms with Crippen LogP contribution >= 0.6 is 35.0 Å². The zero-order chi connectivity index (χ0) is 26.4. The molecule has 1 aromatic heterocycles. The lowest BCUT2D eigenvalue weighted by Crippen LogP contribution is -2.49. The summed E-state index contributed by atoms with van der Waals surface area (Å²) in [7, 11) is 1.56. The molecule has 3 heterocycles. The Balaban J connectivity index is 1.74. The van der Waals surface area contributed by atoms with Gasteiger partial charge < -0.3 is 14.5 Å². The van der Waals surface area contributed by atoms with Crippen LogP contribution in [0.1, 0.15) is 0 Å². The molecule has 2 aromatic carbocycles. The summed E-state index contributed by atoms with van der Waals surface area (Å²) in [5, 5.41) is 0.582. The molecule has 194 valence electrons. The highest BCUT2D eigenvalue weighted by atomic mass is 35.5. The third-order valence-corrected chi connectivity index (χ3v) is 8.44. The molecule has 0 aliphatic carbocycles. The average Bonchev–Trinajstić information content (AvgIpc) is 3.09. The molecule has 7 nitrogen and oxygen atoms in total. The van der Waals surface area contributed by atoms with Crippen LogP contribution in [0.4, 0.5) is 14.6 Å². The lowest BCUT2D eigenvalue weighted by molar-refractivity contribution is -0.126. The summed E-state index contributed by atoms with van der Waals surface area (Å²) in [6.07, 6.45) is 0.963. The summed E-state index contributed by atoms with van der Waals surface area (Å²) in [5.41, 5.74) is 0.416. The number of nitrogens with zero attached hydrogens (tertiary/aromatic N) is 4. The number of carbonyl (C=O) groups is 1. The first-order valence-electron chi connectivity index (χ1n) is 11.5. The van der Waals surface area contributed by atoms with Gasteiger partial charge in [-0.2, -0.15) is 4.98 Å². The van der Waals surface area contributed by atoms with Gasteiger partial charge in [0.05, 0.1) is 28.2 Å². The summed E-state index contributed by atoms with van der Waals surface area (Å²) >= 11 is 14.2. The number of carbonyl (C=O) groups excluding carboxylic acids is 1. The van der Waals surface area contributed by atoms with E-state index in [0.717, 1.165) is 6.07 Å². The second-order valence-corrected chi connectivity index (χ2v) is 10.6. The SMILES string of the molecule is C=CC(=O)N1CCN(c2nc(=O)n3c4c(c(-c5cc(Cl)c(F)cc5F)c(Cl)cc24)SC[C@H](OC)C3)CC1. The molecule has 2 aliphatic heterocycles. The summed E-state index contributed by atoms with van der Waals surface area (Å²) in [6, 6.07) is 3.58. The van der Waals surface area contributed by atoms with Crippen molar-refractivity contribution in [1.82, 2.24) is 14.5 Å². The van der Waals surface area contributed by atoms with E-state index in [-0.39, 0.29) is 34.2 Å². The number of halogens is 4. The number of hydrogen-bond donors (Lipinski definition) is 0. The zero-order valence-electron chi connectivity index (χ0n) is 19.8. The van der Waals surface area contributed by atoms with Gasteiger partial charge in [-0.05, 0) is 18.2 Å². The molecule has 5 rings (SSSR count). The lowest BCUT2D eigenvalue weighted by atomic mass is 10.0. The lowest BCUT2D eigenvalue weighted by Gasteiger charge is -2.35. The van der Waals surface area contributed by atoms with Crippen molar-refractivity contribution in [3.05, 3.63) is 63.0 Å². The predicted molar refractivity (Wildman–Crippen MR) is 142 cm³/mol. The zero-order valence-corrected chi connectivity index (χ0v) is 22.1. The maximum Gasteiger partial charge on any atom is 0.350 e. The van der Waals surface area contributed by atoms with Crippen molar-refractivity contribution in [2.75, 3.05) is 43.9 Å². The van der Waals surface area contributed by atoms with Gasteiger partial charge in [-0.3, -0.25) is 9.36 Å². The number of amides is 1. The first-order chi connectivity index (χ1) is 17.7. The van der Waals surface area contributed by atoms with Crippen LogP contribution in [0, 0.1) is 11.6 Å². The van der Waals surface area contributed by atoms with Gasteiger partial charge in [-0.15, -0.1) is 11.8 Å². The van der Waals surface area contributed by atoms with Crippen molar-refractivity contribution in [2.24, 2.45) is 0 Å². The van der Waals surface area contributed by atoms with Gasteiger partial charge in [-0.1, -0.05) is 29.8 Å². The molecule has 37 heavy (non-hydrogen) atoms. The van der Waals surface area contributed by atoms with Crippen molar-refractivity contribution in [3.8, 4) is 11.1 Å². The fourth-order valence-corrected chi connectivity index (χ4v) is 6.56. The van der Waals surface area contributed by atoms with Crippen LogP contribution in [-0.4, -0.2) is 65.5 Å². The second kappa shape index (κ2) is 10.2. The van der Waals surface area contributed by atoms with Gasteiger partial charge in [0.2, 0.25) is 5.91 Å². The Morgan fingerprint density at radius 2 is 1.89 bits per heavy atom. The molecule has 0 radical (unpaired) electrons. The predicted octanol–water partition coefficient (Wildman–Crippen LogP) is 4.60. The van der Waals surface area contributed by atoms with E-state index in [2.05, 4.69) is 11.6 Å². The van der Waals surface area contributed by atoms with E-state index in [9.17, 15) is 14.0 Å². The first-order valence-corrected chi connectivity index (χ1v) is 13.2. The van der Waals surface area contributed by atoms with E-state index in [1.807, 2.05) is 4.90 Å². The molecular formula is C25H22Cl2F2N4O3S. The number of hydrogen-bond acceptors (Lipinski definition) is 6. The minimum Gasteiger partial charge on any atom is -0.379 e. The van der Waals surface area contributed by atoms with Crippen LogP contribution < -0.4 is 10.6 Å². The minimum atomic E-state index is -0.879. The second-order valence-electron chi connectivity index (χ2n) is 8.72. The number of ether oxygens (including phenoxy) is 1. The summed E-state index contributed by atoms with van der Waals surface area (Å²) in [4.78, 5) is 33.9. The molecule has 0 bridgehead atoms. The van der Waals surface area contributed by atoms with Crippen LogP contribution in [0.3, 0.4) is 0 Å². The van der Waals surface area contributed by atoms with Crippen LogP contribution in [0.25, 0.3) is 22.0 Å². The Morgan fingerprint density at radius 1 is 1.16 bits per heavy atom. The standard InChI is InChI=1S/C25H22Cl2F2N4O3S/c1-3-20(34)31-4-6-32(7-5-31)24-15-9-17(27)21(14-8-16(26)19(29)10-18(14)28)23-22(15)33(25(35)30-24)11-13(36-2)12-37-23/h3,8-10,13H,1,4-7,11-12H2,2H3/t13-/m1/s1. The highest BCUT2D eigenvalue weighted by Crippen LogP contribution is 2.46. The van der Waals surface area contributed by atoms with Crippen molar-refractivity contribution in [2.45, 2.75) is 17.5 Å². The smallest absolute Gasteiger partial charge is 0.350 e. The normalized spacial score (nSPS) is 17.7. The highest BCUT2D eigenvalue weighted by molar-refractivity contribution is 7.99. The van der Waals surface area contributed by atoms with Crippen LogP contribution in [0.15, 0.2) is 40.5 Å². The average molecular weight is 567 g/mol. The van der Waals surface area contributed by atoms with E-state index >= 15 is 4.39 Å². The number of anilines is 1. The summed E-state index contributed by atoms with van der Waals surface area (Å²) in [5.74, 6) is -0.954. The molecule has 1 atom stereocenters. The molecule has 1 fully saturated rings. The Morgan fingerprint density at radius 3 is 2.57 bits per heavy atom. The summed E-state index contributed by atoms with van der Waals surface area (Å²) in [6.45, 7) is 5.57. The Kier molecular flexibility index (Phi) is 7.19. The van der Waals surface area contributed by atoms with Crippen molar-refractivity contribution < 1.29 is 18.3 Å². The molecule has 0 spiro atoms. The number of piperazine rings is 1. The quantitative estimate of drug-likeness (QED) is 0.339. The molecule has 0 N–H and O–H groups in total. The molecule has 0 saturated carbocycles. The Hall–Kier alpha value is -2.66. The topological polar surface area (TPSA) is 67.7 Å². The first kappa shape index (κ1) is 26.0. The van der Waals surface area contributed by atoms with E-state index in [4.69, 9.17) is 27.9 Å². The number of aromatic nitrogens is 2. The van der Waals surface area contributed by atoms with Crippen molar-refractivity contribution in [1.29, 1.82) is 0 Å². The van der Waals surface area contributed by atoms with Crippen molar-refractivity contribution in [3.63, 3.8) is 0 Å². The Bertz CT molecular complexity index is 1490. The van der Waals surface area contributed by atoms with E-state index in [0.29, 0.717) is 59.1 Å². The van der Waals surface area contributed by atoms with Gasteiger partial charge in [0.1, 0.15) is 17.5 Å². The third-order valence-electron chi connectivity index (χ3n) is 6.63. The van der Waals surface area contributed by atoms with Crippen LogP contribution in [0.2, 0.25) is 10.0 Å². The van der Waals surface area contributed by atoms with Crippen LogP contribution in [0.5, 0.6) is 0 Å². The minimum absolute atomic E-state index is 0.0329. The largest absolute Gasteiger partial charge is 0.379 e. The highest BCUT2D eigenvalue weighted by Gasteiger charge is 2.30. The van der Waals surface area contributed by atoms with Gasteiger partial charge in [0, 0.05) is 66.5 Å². The summed E-state index contributed by atoms with van der Waals surface area (Å²) < 4.78 is 36.1. The molecule has 12 heteroatoms. The number of benzene rings is 2. The molecule has 0 unspecified atom stereocenters. The Labute approximate surface area is 225 Å². The van der Waals surface area contributed by atoms with Gasteiger partial charge in [0.25, 0.3) is 0 Å². The fraction of sp³-hybridized carbons (Fsp3) is 0.320. The van der Waals surface area contributed by atoms with Crippen LogP contribution in [-0.2, 0) is 16.1 Å². The van der Waals surface area contributed by atoms with Gasteiger partial charge in [0.15, 0.2) is 0 Å². The fourth-order valence-electron chi connectivity index (χ4n) is 4.72. The molecule has 1 saturated heterocycles.